The van der Waals surface area contributed by atoms with E-state index in [9.17, 15) is 18.0 Å². The molecule has 1 fully saturated rings. The molecular formula is C26H22Cl2F3N5OS. The average Bonchev–Trinajstić information content (AvgIpc) is 3.46. The molecule has 2 atom stereocenters. The number of nitrogens with zero attached hydrogens (tertiary/aromatic N) is 5. The molecule has 2 unspecified atom stereocenters. The lowest BCUT2D eigenvalue weighted by Crippen LogP contribution is -2.32. The van der Waals surface area contributed by atoms with Crippen molar-refractivity contribution >= 4 is 52.7 Å². The van der Waals surface area contributed by atoms with Gasteiger partial charge in [-0.1, -0.05) is 59.2 Å². The lowest BCUT2D eigenvalue weighted by Gasteiger charge is -2.29. The lowest BCUT2D eigenvalue weighted by molar-refractivity contribution is -0.147. The van der Waals surface area contributed by atoms with E-state index in [1.807, 2.05) is 36.4 Å². The molecule has 0 saturated heterocycles. The first-order valence-electron chi connectivity index (χ1n) is 11.8. The van der Waals surface area contributed by atoms with Crippen LogP contribution in [0.5, 0.6) is 0 Å². The van der Waals surface area contributed by atoms with Gasteiger partial charge in [-0.25, -0.2) is 5.01 Å². The number of allylic oxidation sites excluding steroid dienone is 1. The Bertz CT molecular complexity index is 1400. The summed E-state index contributed by atoms with van der Waals surface area (Å²) in [5, 5.41) is 14.4. The minimum Gasteiger partial charge on any atom is -0.302 e. The van der Waals surface area contributed by atoms with Crippen LogP contribution in [0.2, 0.25) is 10.0 Å². The molecule has 5 rings (SSSR count). The van der Waals surface area contributed by atoms with E-state index in [0.29, 0.717) is 10.0 Å². The Morgan fingerprint density at radius 1 is 1.08 bits per heavy atom. The largest absolute Gasteiger partial charge is 0.451 e. The van der Waals surface area contributed by atoms with Crippen molar-refractivity contribution in [2.75, 3.05) is 5.75 Å². The molecule has 6 nitrogen and oxygen atoms in total. The fourth-order valence-electron chi connectivity index (χ4n) is 4.84. The summed E-state index contributed by atoms with van der Waals surface area (Å²) in [6, 6.07) is 14.5. The predicted octanol–water partition coefficient (Wildman–Crippen LogP) is 7.06. The molecule has 1 saturated carbocycles. The molecule has 2 aliphatic rings. The normalized spacial score (nSPS) is 20.5. The van der Waals surface area contributed by atoms with Gasteiger partial charge in [-0.05, 0) is 66.3 Å². The van der Waals surface area contributed by atoms with E-state index in [4.69, 9.17) is 28.3 Å². The summed E-state index contributed by atoms with van der Waals surface area (Å²) in [5.41, 5.74) is 3.78. The molecular weight excluding hydrogens is 558 g/mol. The van der Waals surface area contributed by atoms with Crippen molar-refractivity contribution in [3.63, 3.8) is 0 Å². The Kier molecular flexibility index (Phi) is 7.57. The zero-order chi connectivity index (χ0) is 27.0. The second-order valence-electron chi connectivity index (χ2n) is 9.09. The fourth-order valence-corrected chi connectivity index (χ4v) is 5.86. The molecule has 1 amide bonds. The summed E-state index contributed by atoms with van der Waals surface area (Å²) >= 11 is 13.1. The van der Waals surface area contributed by atoms with Crippen LogP contribution in [0.25, 0.3) is 6.08 Å². The van der Waals surface area contributed by atoms with E-state index in [-0.39, 0.29) is 28.8 Å². The smallest absolute Gasteiger partial charge is 0.302 e. The van der Waals surface area contributed by atoms with Crippen molar-refractivity contribution in [3.8, 4) is 0 Å². The third kappa shape index (κ3) is 5.48. The number of amides is 1. The highest BCUT2D eigenvalue weighted by atomic mass is 35.5. The van der Waals surface area contributed by atoms with Crippen molar-refractivity contribution in [3.05, 3.63) is 81.1 Å². The highest BCUT2D eigenvalue weighted by Gasteiger charge is 2.44. The van der Waals surface area contributed by atoms with Gasteiger partial charge in [0.05, 0.1) is 17.5 Å². The second-order valence-corrected chi connectivity index (χ2v) is 10.9. The molecule has 0 N–H and O–H groups in total. The van der Waals surface area contributed by atoms with Crippen LogP contribution in [0, 0.1) is 5.92 Å². The third-order valence-corrected chi connectivity index (χ3v) is 8.10. The molecule has 38 heavy (non-hydrogen) atoms. The Hall–Kier alpha value is -2.82. The number of hydrazone groups is 1. The number of aromatic nitrogens is 3. The van der Waals surface area contributed by atoms with E-state index in [1.165, 1.54) is 12.1 Å². The van der Waals surface area contributed by atoms with Gasteiger partial charge < -0.3 is 4.57 Å². The molecule has 1 aliphatic heterocycles. The highest BCUT2D eigenvalue weighted by Crippen LogP contribution is 2.45. The third-order valence-electron chi connectivity index (χ3n) is 6.59. The molecule has 0 spiro atoms. The maximum atomic E-state index is 13.5. The van der Waals surface area contributed by atoms with Gasteiger partial charge >= 0.3 is 6.18 Å². The van der Waals surface area contributed by atoms with E-state index >= 15 is 0 Å². The molecule has 3 aromatic rings. The summed E-state index contributed by atoms with van der Waals surface area (Å²) in [4.78, 5) is 13.5. The summed E-state index contributed by atoms with van der Waals surface area (Å²) < 4.78 is 40.2. The standard InChI is InChI=1S/C26H22Cl2F3N5OS/c1-35-24(26(29,30)31)32-33-25(35)38-14-21(37)36-23(16-7-11-19(28)12-8-16)20-4-2-3-17(22(20)34-36)13-15-5-9-18(27)10-6-15/h5-13,20,23H,2-4,14H2,1H3/b17-13-. The Morgan fingerprint density at radius 3 is 2.37 bits per heavy atom. The Labute approximate surface area is 231 Å². The van der Waals surface area contributed by atoms with Crippen molar-refractivity contribution in [2.24, 2.45) is 18.1 Å². The molecule has 198 valence electrons. The first kappa shape index (κ1) is 26.8. The van der Waals surface area contributed by atoms with Crippen molar-refractivity contribution in [1.29, 1.82) is 0 Å². The predicted molar refractivity (Wildman–Crippen MR) is 142 cm³/mol. The number of halogens is 5. The monoisotopic (exact) mass is 579 g/mol. The molecule has 2 heterocycles. The number of hydrogen-bond acceptors (Lipinski definition) is 5. The van der Waals surface area contributed by atoms with E-state index in [2.05, 4.69) is 16.3 Å². The summed E-state index contributed by atoms with van der Waals surface area (Å²) in [6.07, 6.45) is 0.0402. The minimum atomic E-state index is -4.63. The van der Waals surface area contributed by atoms with E-state index in [1.54, 1.807) is 12.1 Å². The fraction of sp³-hybridized carbons (Fsp3) is 0.308. The molecule has 2 aromatic carbocycles. The summed E-state index contributed by atoms with van der Waals surface area (Å²) in [5.74, 6) is -1.62. The summed E-state index contributed by atoms with van der Waals surface area (Å²) in [7, 11) is 1.23. The molecule has 0 bridgehead atoms. The molecule has 0 radical (unpaired) electrons. The number of rotatable bonds is 5. The molecule has 1 aliphatic carbocycles. The maximum absolute atomic E-state index is 13.5. The lowest BCUT2D eigenvalue weighted by atomic mass is 9.77. The Morgan fingerprint density at radius 2 is 1.74 bits per heavy atom. The topological polar surface area (TPSA) is 63.4 Å². The second kappa shape index (κ2) is 10.7. The van der Waals surface area contributed by atoms with E-state index < -0.39 is 12.0 Å². The van der Waals surface area contributed by atoms with Gasteiger partial charge in [0.15, 0.2) is 5.16 Å². The van der Waals surface area contributed by atoms with Crippen LogP contribution in [-0.4, -0.2) is 37.1 Å². The van der Waals surface area contributed by atoms with Gasteiger partial charge in [0.1, 0.15) is 0 Å². The number of carbonyl (C=O) groups excluding carboxylic acids is 1. The van der Waals surface area contributed by atoms with Crippen LogP contribution in [0.15, 0.2) is 64.4 Å². The zero-order valence-corrected chi connectivity index (χ0v) is 22.5. The van der Waals surface area contributed by atoms with Crippen LogP contribution in [-0.2, 0) is 18.0 Å². The number of hydrogen-bond donors (Lipinski definition) is 0. The van der Waals surface area contributed by atoms with Gasteiger partial charge in [0, 0.05) is 23.0 Å². The number of benzene rings is 2. The van der Waals surface area contributed by atoms with Gasteiger partial charge in [0.25, 0.3) is 5.91 Å². The van der Waals surface area contributed by atoms with Crippen molar-refractivity contribution < 1.29 is 18.0 Å². The zero-order valence-electron chi connectivity index (χ0n) is 20.1. The number of carbonyl (C=O) groups is 1. The Balaban J connectivity index is 1.45. The van der Waals surface area contributed by atoms with Gasteiger partial charge in [-0.2, -0.15) is 18.3 Å². The minimum absolute atomic E-state index is 0.00121. The highest BCUT2D eigenvalue weighted by molar-refractivity contribution is 7.99. The number of fused-ring (bicyclic) bond motifs is 1. The SMILES string of the molecule is Cn1c(SCC(=O)N2N=C3/C(=C\c4ccc(Cl)cc4)CCCC3C2c2ccc(Cl)cc2)nnc1C(F)(F)F. The van der Waals surface area contributed by atoms with Gasteiger partial charge in [-0.15, -0.1) is 10.2 Å². The van der Waals surface area contributed by atoms with Crippen LogP contribution < -0.4 is 0 Å². The van der Waals surface area contributed by atoms with Crippen LogP contribution >= 0.6 is 35.0 Å². The van der Waals surface area contributed by atoms with Crippen LogP contribution in [0.4, 0.5) is 13.2 Å². The van der Waals surface area contributed by atoms with Crippen LogP contribution in [0.1, 0.15) is 42.3 Å². The molecule has 1 aromatic heterocycles. The van der Waals surface area contributed by atoms with Gasteiger partial charge in [-0.3, -0.25) is 4.79 Å². The maximum Gasteiger partial charge on any atom is 0.451 e. The first-order valence-corrected chi connectivity index (χ1v) is 13.6. The van der Waals surface area contributed by atoms with Gasteiger partial charge in [0.2, 0.25) is 5.82 Å². The molecule has 12 heteroatoms. The number of alkyl halides is 3. The average molecular weight is 580 g/mol. The first-order chi connectivity index (χ1) is 18.1. The van der Waals surface area contributed by atoms with Crippen molar-refractivity contribution in [2.45, 2.75) is 36.6 Å². The van der Waals surface area contributed by atoms with E-state index in [0.717, 1.165) is 58.0 Å². The number of thioether (sulfide) groups is 1. The summed E-state index contributed by atoms with van der Waals surface area (Å²) in [6.45, 7) is 0. The van der Waals surface area contributed by atoms with Crippen molar-refractivity contribution in [1.82, 2.24) is 19.8 Å². The quantitative estimate of drug-likeness (QED) is 0.304. The van der Waals surface area contributed by atoms with Crippen LogP contribution in [0.3, 0.4) is 0 Å².